The topological polar surface area (TPSA) is 130 Å². The third-order valence-electron chi connectivity index (χ3n) is 5.71. The van der Waals surface area contributed by atoms with Gasteiger partial charge in [-0.05, 0) is 60.2 Å². The second kappa shape index (κ2) is 8.86. The molecule has 0 unspecified atom stereocenters. The Morgan fingerprint density at radius 1 is 1.09 bits per heavy atom. The first-order chi connectivity index (χ1) is 16.5. The number of ether oxygens (including phenoxy) is 3. The number of rotatable bonds is 4. The molecule has 0 saturated carbocycles. The van der Waals surface area contributed by atoms with Crippen molar-refractivity contribution in [1.82, 2.24) is 10.3 Å². The van der Waals surface area contributed by atoms with Crippen LogP contribution < -0.4 is 20.5 Å². The number of nitrogens with two attached hydrogens (primary N) is 1. The molecule has 1 aliphatic carbocycles. The number of carbonyl (C=O) groups excluding carboxylic acids is 3. The third kappa shape index (κ3) is 4.15. The van der Waals surface area contributed by atoms with Gasteiger partial charge in [0.25, 0.3) is 5.91 Å². The van der Waals surface area contributed by atoms with Gasteiger partial charge in [-0.2, -0.15) is 0 Å². The molecule has 5 rings (SSSR count). The highest BCUT2D eigenvalue weighted by Crippen LogP contribution is 2.38. The number of nitrogens with zero attached hydrogens (tertiary/aromatic N) is 1. The van der Waals surface area contributed by atoms with E-state index in [0.29, 0.717) is 34.4 Å². The lowest BCUT2D eigenvalue weighted by Crippen LogP contribution is -2.37. The minimum absolute atomic E-state index is 0.203. The van der Waals surface area contributed by atoms with Crippen molar-refractivity contribution in [3.8, 4) is 11.5 Å². The molecule has 0 fully saturated rings. The number of hydrogen-bond donors (Lipinski definition) is 2. The van der Waals surface area contributed by atoms with E-state index in [1.165, 1.54) is 0 Å². The van der Waals surface area contributed by atoms with E-state index >= 15 is 0 Å². The fourth-order valence-corrected chi connectivity index (χ4v) is 4.29. The summed E-state index contributed by atoms with van der Waals surface area (Å²) in [5, 5.41) is 2.53. The number of primary amides is 1. The smallest absolute Gasteiger partial charge is 0.339 e. The van der Waals surface area contributed by atoms with Gasteiger partial charge in [0, 0.05) is 5.39 Å². The Labute approximate surface area is 194 Å². The Bertz CT molecular complexity index is 1360. The number of pyridine rings is 1. The van der Waals surface area contributed by atoms with Gasteiger partial charge in [0.1, 0.15) is 0 Å². The number of esters is 1. The number of imide groups is 1. The maximum absolute atomic E-state index is 13.1. The van der Waals surface area contributed by atoms with Crippen LogP contribution >= 0.6 is 0 Å². The molecular weight excluding hydrogens is 438 g/mol. The van der Waals surface area contributed by atoms with Crippen LogP contribution in [0.5, 0.6) is 11.5 Å². The van der Waals surface area contributed by atoms with E-state index in [1.54, 1.807) is 6.07 Å². The molecule has 0 atom stereocenters. The zero-order valence-corrected chi connectivity index (χ0v) is 18.1. The summed E-state index contributed by atoms with van der Waals surface area (Å²) < 4.78 is 16.1. The number of amides is 3. The molecule has 0 radical (unpaired) electrons. The monoisotopic (exact) mass is 459 g/mol. The average molecular weight is 459 g/mol. The van der Waals surface area contributed by atoms with E-state index in [2.05, 4.69) is 0 Å². The third-order valence-corrected chi connectivity index (χ3v) is 5.71. The number of fused-ring (bicyclic) bond motifs is 3. The standard InChI is InChI=1S/C25H21N3O6/c26-25(31)28-21(29)12-32-24(30)22-16-5-1-2-7-18(16)27-23-15(4-3-6-17(22)23)10-14-8-9-19-20(11-14)34-13-33-19/h1-2,5,7-11H,3-4,6,12-13H2,(H3,26,28,29,31). The van der Waals surface area contributed by atoms with Crippen molar-refractivity contribution in [2.45, 2.75) is 19.3 Å². The number of urea groups is 1. The van der Waals surface area contributed by atoms with Crippen molar-refractivity contribution in [2.75, 3.05) is 13.4 Å². The Morgan fingerprint density at radius 2 is 1.91 bits per heavy atom. The Balaban J connectivity index is 1.55. The lowest BCUT2D eigenvalue weighted by Gasteiger charge is -2.22. The molecule has 3 amide bonds. The van der Waals surface area contributed by atoms with Crippen molar-refractivity contribution in [1.29, 1.82) is 0 Å². The number of hydrogen-bond acceptors (Lipinski definition) is 7. The van der Waals surface area contributed by atoms with Crippen LogP contribution in [-0.4, -0.2) is 36.3 Å². The Hall–Kier alpha value is -4.40. The summed E-state index contributed by atoms with van der Waals surface area (Å²) >= 11 is 0. The summed E-state index contributed by atoms with van der Waals surface area (Å²) in [4.78, 5) is 40.6. The summed E-state index contributed by atoms with van der Waals surface area (Å²) in [7, 11) is 0. The van der Waals surface area contributed by atoms with Gasteiger partial charge in [0.15, 0.2) is 18.1 Å². The first kappa shape index (κ1) is 21.4. The van der Waals surface area contributed by atoms with Crippen LogP contribution in [0.4, 0.5) is 4.79 Å². The number of benzene rings is 2. The van der Waals surface area contributed by atoms with Crippen molar-refractivity contribution in [2.24, 2.45) is 5.73 Å². The minimum Gasteiger partial charge on any atom is -0.454 e. The Kier molecular flexibility index (Phi) is 5.59. The first-order valence-electron chi connectivity index (χ1n) is 10.8. The van der Waals surface area contributed by atoms with Crippen LogP contribution in [0.3, 0.4) is 0 Å². The molecule has 9 nitrogen and oxygen atoms in total. The normalized spacial score (nSPS) is 15.1. The van der Waals surface area contributed by atoms with Crippen LogP contribution in [0.1, 0.15) is 40.0 Å². The van der Waals surface area contributed by atoms with Crippen LogP contribution in [-0.2, 0) is 16.0 Å². The molecule has 34 heavy (non-hydrogen) atoms. The number of nitrogens with one attached hydrogen (secondary N) is 1. The number of allylic oxidation sites excluding steroid dienone is 1. The van der Waals surface area contributed by atoms with Crippen molar-refractivity contribution in [3.05, 3.63) is 64.8 Å². The van der Waals surface area contributed by atoms with E-state index < -0.39 is 24.5 Å². The summed E-state index contributed by atoms with van der Waals surface area (Å²) in [5.41, 5.74) is 9.41. The number of aromatic nitrogens is 1. The molecule has 1 aromatic heterocycles. The Morgan fingerprint density at radius 3 is 2.76 bits per heavy atom. The largest absolute Gasteiger partial charge is 0.454 e. The highest BCUT2D eigenvalue weighted by molar-refractivity contribution is 6.07. The summed E-state index contributed by atoms with van der Waals surface area (Å²) in [6.07, 6.45) is 4.30. The molecule has 3 N–H and O–H groups in total. The van der Waals surface area contributed by atoms with Crippen molar-refractivity contribution in [3.63, 3.8) is 0 Å². The summed E-state index contributed by atoms with van der Waals surface area (Å²) in [5.74, 6) is -0.0497. The van der Waals surface area contributed by atoms with Crippen LogP contribution in [0.15, 0.2) is 42.5 Å². The SMILES string of the molecule is NC(=O)NC(=O)COC(=O)c1c2c(nc3ccccc13)C(=Cc1ccc3c(c1)OCO3)CCC2. The van der Waals surface area contributed by atoms with Crippen molar-refractivity contribution < 1.29 is 28.6 Å². The molecule has 2 aliphatic rings. The fourth-order valence-electron chi connectivity index (χ4n) is 4.29. The molecule has 0 spiro atoms. The van der Waals surface area contributed by atoms with E-state index in [9.17, 15) is 14.4 Å². The predicted octanol–water partition coefficient (Wildman–Crippen LogP) is 3.19. The fraction of sp³-hybridized carbons (Fsp3) is 0.200. The second-order valence-electron chi connectivity index (χ2n) is 7.96. The van der Waals surface area contributed by atoms with E-state index in [1.807, 2.05) is 47.8 Å². The maximum Gasteiger partial charge on any atom is 0.339 e. The van der Waals surface area contributed by atoms with E-state index in [-0.39, 0.29) is 6.79 Å². The summed E-state index contributed by atoms with van der Waals surface area (Å²) in [6, 6.07) is 12.0. The highest BCUT2D eigenvalue weighted by atomic mass is 16.7. The van der Waals surface area contributed by atoms with Crippen molar-refractivity contribution >= 4 is 40.5 Å². The van der Waals surface area contributed by atoms with Crippen LogP contribution in [0.25, 0.3) is 22.6 Å². The zero-order valence-electron chi connectivity index (χ0n) is 18.1. The van der Waals surface area contributed by atoms with Gasteiger partial charge in [-0.25, -0.2) is 14.6 Å². The van der Waals surface area contributed by atoms with Gasteiger partial charge < -0.3 is 19.9 Å². The lowest BCUT2D eigenvalue weighted by atomic mass is 9.86. The minimum atomic E-state index is -1.01. The van der Waals surface area contributed by atoms with Gasteiger partial charge in [-0.3, -0.25) is 10.1 Å². The molecule has 9 heteroatoms. The molecule has 2 heterocycles. The molecule has 3 aromatic rings. The van der Waals surface area contributed by atoms with Gasteiger partial charge >= 0.3 is 12.0 Å². The van der Waals surface area contributed by atoms with Gasteiger partial charge in [-0.15, -0.1) is 0 Å². The molecule has 0 saturated heterocycles. The molecule has 172 valence electrons. The van der Waals surface area contributed by atoms with Crippen LogP contribution in [0, 0.1) is 0 Å². The lowest BCUT2D eigenvalue weighted by molar-refractivity contribution is -0.123. The summed E-state index contributed by atoms with van der Waals surface area (Å²) in [6.45, 7) is -0.415. The van der Waals surface area contributed by atoms with E-state index in [4.69, 9.17) is 24.9 Å². The van der Waals surface area contributed by atoms with Gasteiger partial charge in [-0.1, -0.05) is 24.3 Å². The zero-order chi connectivity index (χ0) is 23.7. The number of para-hydroxylation sites is 1. The molecule has 0 bridgehead atoms. The number of carbonyl (C=O) groups is 3. The predicted molar refractivity (Wildman–Crippen MR) is 123 cm³/mol. The van der Waals surface area contributed by atoms with Crippen LogP contribution in [0.2, 0.25) is 0 Å². The van der Waals surface area contributed by atoms with E-state index in [0.717, 1.165) is 35.2 Å². The average Bonchev–Trinajstić information content (AvgIpc) is 3.29. The quantitative estimate of drug-likeness (QED) is 0.573. The van der Waals surface area contributed by atoms with Gasteiger partial charge in [0.2, 0.25) is 6.79 Å². The molecule has 2 aromatic carbocycles. The first-order valence-corrected chi connectivity index (χ1v) is 10.8. The molecular formula is C25H21N3O6. The molecule has 1 aliphatic heterocycles. The maximum atomic E-state index is 13.1. The van der Waals surface area contributed by atoms with Gasteiger partial charge in [0.05, 0.1) is 16.8 Å². The highest BCUT2D eigenvalue weighted by Gasteiger charge is 2.26. The second-order valence-corrected chi connectivity index (χ2v) is 7.96.